The van der Waals surface area contributed by atoms with E-state index >= 15 is 0 Å². The van der Waals surface area contributed by atoms with E-state index in [-0.39, 0.29) is 12.0 Å². The van der Waals surface area contributed by atoms with Crippen LogP contribution in [0.2, 0.25) is 0 Å². The molecule has 2 aromatic carbocycles. The van der Waals surface area contributed by atoms with Gasteiger partial charge in [-0.3, -0.25) is 4.79 Å². The Kier molecular flexibility index (Phi) is 5.74. The van der Waals surface area contributed by atoms with Crippen LogP contribution in [0.1, 0.15) is 26.3 Å². The number of methoxy groups -OCH3 is 1. The van der Waals surface area contributed by atoms with Gasteiger partial charge in [-0.1, -0.05) is 0 Å². The van der Waals surface area contributed by atoms with Crippen molar-refractivity contribution < 1.29 is 19.0 Å². The van der Waals surface area contributed by atoms with E-state index in [1.54, 1.807) is 31.4 Å². The average Bonchev–Trinajstić information content (AvgIpc) is 3.01. The van der Waals surface area contributed by atoms with Crippen LogP contribution < -0.4 is 24.8 Å². The van der Waals surface area contributed by atoms with Crippen LogP contribution in [0.15, 0.2) is 36.4 Å². The van der Waals surface area contributed by atoms with Crippen LogP contribution in [0.5, 0.6) is 17.2 Å². The SMILES string of the molecule is CCOc1cc2c(cc1N[C@H](C)C(=O)Nc1ccc(OC)cc1)O[C@H](C)C2. The largest absolute Gasteiger partial charge is 0.497 e. The summed E-state index contributed by atoms with van der Waals surface area (Å²) in [5.74, 6) is 2.18. The van der Waals surface area contributed by atoms with E-state index in [1.165, 1.54) is 0 Å². The summed E-state index contributed by atoms with van der Waals surface area (Å²) >= 11 is 0. The van der Waals surface area contributed by atoms with E-state index in [4.69, 9.17) is 14.2 Å². The summed E-state index contributed by atoms with van der Waals surface area (Å²) in [6.07, 6.45) is 1.02. The molecule has 0 radical (unpaired) electrons. The highest BCUT2D eigenvalue weighted by Crippen LogP contribution is 2.38. The molecule has 1 aliphatic heterocycles. The second-order valence-electron chi connectivity index (χ2n) is 6.61. The normalized spacial score (nSPS) is 16.1. The third-order valence-electron chi connectivity index (χ3n) is 4.42. The van der Waals surface area contributed by atoms with E-state index < -0.39 is 6.04 Å². The fraction of sp³-hybridized carbons (Fsp3) is 0.381. The second kappa shape index (κ2) is 8.20. The zero-order chi connectivity index (χ0) is 19.4. The molecule has 1 heterocycles. The number of rotatable bonds is 7. The fourth-order valence-electron chi connectivity index (χ4n) is 3.05. The molecule has 27 heavy (non-hydrogen) atoms. The maximum absolute atomic E-state index is 12.5. The first-order valence-electron chi connectivity index (χ1n) is 9.18. The van der Waals surface area contributed by atoms with Crippen LogP contribution in [-0.2, 0) is 11.2 Å². The van der Waals surface area contributed by atoms with Crippen LogP contribution >= 0.6 is 0 Å². The summed E-state index contributed by atoms with van der Waals surface area (Å²) < 4.78 is 16.7. The lowest BCUT2D eigenvalue weighted by molar-refractivity contribution is -0.116. The number of anilines is 2. The lowest BCUT2D eigenvalue weighted by Gasteiger charge is -2.19. The van der Waals surface area contributed by atoms with Crippen LogP contribution in [-0.4, -0.2) is 31.8 Å². The molecule has 2 atom stereocenters. The smallest absolute Gasteiger partial charge is 0.246 e. The van der Waals surface area contributed by atoms with Crippen molar-refractivity contribution in [2.45, 2.75) is 39.3 Å². The Morgan fingerprint density at radius 1 is 1.30 bits per heavy atom. The summed E-state index contributed by atoms with van der Waals surface area (Å²) in [6.45, 7) is 6.34. The van der Waals surface area contributed by atoms with Gasteiger partial charge in [-0.15, -0.1) is 0 Å². The number of hydrogen-bond donors (Lipinski definition) is 2. The Bertz CT molecular complexity index is 805. The molecule has 0 aliphatic carbocycles. The Morgan fingerprint density at radius 2 is 2.04 bits per heavy atom. The van der Waals surface area contributed by atoms with Gasteiger partial charge in [0.05, 0.1) is 19.4 Å². The highest BCUT2D eigenvalue weighted by Gasteiger charge is 2.23. The van der Waals surface area contributed by atoms with Crippen molar-refractivity contribution in [1.29, 1.82) is 0 Å². The third kappa shape index (κ3) is 4.45. The first-order chi connectivity index (χ1) is 13.0. The number of ether oxygens (including phenoxy) is 3. The van der Waals surface area contributed by atoms with Crippen molar-refractivity contribution in [3.8, 4) is 17.2 Å². The lowest BCUT2D eigenvalue weighted by atomic mass is 10.1. The lowest BCUT2D eigenvalue weighted by Crippen LogP contribution is -2.32. The highest BCUT2D eigenvalue weighted by atomic mass is 16.5. The first kappa shape index (κ1) is 18.9. The molecular weight excluding hydrogens is 344 g/mol. The molecule has 0 bridgehead atoms. The Labute approximate surface area is 159 Å². The van der Waals surface area contributed by atoms with E-state index in [0.29, 0.717) is 12.3 Å². The zero-order valence-electron chi connectivity index (χ0n) is 16.2. The van der Waals surface area contributed by atoms with Crippen LogP contribution in [0.25, 0.3) is 0 Å². The molecule has 0 saturated carbocycles. The van der Waals surface area contributed by atoms with Gasteiger partial charge in [0.15, 0.2) is 0 Å². The highest BCUT2D eigenvalue weighted by molar-refractivity contribution is 5.96. The first-order valence-corrected chi connectivity index (χ1v) is 9.18. The molecule has 0 saturated heterocycles. The van der Waals surface area contributed by atoms with Gasteiger partial charge < -0.3 is 24.8 Å². The molecule has 1 aliphatic rings. The van der Waals surface area contributed by atoms with Gasteiger partial charge in [0.25, 0.3) is 0 Å². The molecule has 0 fully saturated rings. The molecule has 144 valence electrons. The van der Waals surface area contributed by atoms with Gasteiger partial charge in [-0.05, 0) is 51.1 Å². The van der Waals surface area contributed by atoms with Crippen molar-refractivity contribution in [3.63, 3.8) is 0 Å². The van der Waals surface area contributed by atoms with Crippen LogP contribution in [0.4, 0.5) is 11.4 Å². The number of carbonyl (C=O) groups is 1. The molecule has 2 N–H and O–H groups in total. The standard InChI is InChI=1S/C21H26N2O4/c1-5-26-20-11-15-10-13(2)27-19(15)12-18(20)22-14(3)21(24)23-16-6-8-17(25-4)9-7-16/h6-9,11-14,22H,5,10H2,1-4H3,(H,23,24)/t13-,14-/m1/s1. The predicted octanol–water partition coefficient (Wildman–Crippen LogP) is 3.86. The third-order valence-corrected chi connectivity index (χ3v) is 4.42. The molecule has 2 aromatic rings. The maximum Gasteiger partial charge on any atom is 0.246 e. The number of amides is 1. The minimum absolute atomic E-state index is 0.141. The van der Waals surface area contributed by atoms with Gasteiger partial charge in [0, 0.05) is 23.7 Å². The predicted molar refractivity (Wildman–Crippen MR) is 106 cm³/mol. The Morgan fingerprint density at radius 3 is 2.70 bits per heavy atom. The minimum Gasteiger partial charge on any atom is -0.497 e. The number of nitrogens with one attached hydrogen (secondary N) is 2. The summed E-state index contributed by atoms with van der Waals surface area (Å²) in [5.41, 5.74) is 2.60. The molecule has 6 heteroatoms. The van der Waals surface area contributed by atoms with Crippen molar-refractivity contribution >= 4 is 17.3 Å². The van der Waals surface area contributed by atoms with E-state index in [9.17, 15) is 4.79 Å². The Hall–Kier alpha value is -2.89. The quantitative estimate of drug-likeness (QED) is 0.775. The molecule has 6 nitrogen and oxygen atoms in total. The number of carbonyl (C=O) groups excluding carboxylic acids is 1. The summed E-state index contributed by atoms with van der Waals surface area (Å²) in [7, 11) is 1.61. The molecule has 0 unspecified atom stereocenters. The van der Waals surface area contributed by atoms with Crippen molar-refractivity contribution in [1.82, 2.24) is 0 Å². The molecular formula is C21H26N2O4. The number of fused-ring (bicyclic) bond motifs is 1. The van der Waals surface area contributed by atoms with Crippen LogP contribution in [0.3, 0.4) is 0 Å². The maximum atomic E-state index is 12.5. The Balaban J connectivity index is 1.71. The summed E-state index contributed by atoms with van der Waals surface area (Å²) in [4.78, 5) is 12.5. The minimum atomic E-state index is -0.455. The van der Waals surface area contributed by atoms with Gasteiger partial charge in [0.2, 0.25) is 5.91 Å². The number of hydrogen-bond acceptors (Lipinski definition) is 5. The average molecular weight is 370 g/mol. The summed E-state index contributed by atoms with van der Waals surface area (Å²) in [6, 6.07) is 10.7. The van der Waals surface area contributed by atoms with E-state index in [0.717, 1.165) is 34.9 Å². The second-order valence-corrected chi connectivity index (χ2v) is 6.61. The summed E-state index contributed by atoms with van der Waals surface area (Å²) in [5, 5.41) is 6.14. The van der Waals surface area contributed by atoms with Gasteiger partial charge in [-0.25, -0.2) is 0 Å². The zero-order valence-corrected chi connectivity index (χ0v) is 16.2. The van der Waals surface area contributed by atoms with Crippen molar-refractivity contribution in [2.75, 3.05) is 24.4 Å². The van der Waals surface area contributed by atoms with Gasteiger partial charge in [0.1, 0.15) is 29.4 Å². The van der Waals surface area contributed by atoms with E-state index in [2.05, 4.69) is 10.6 Å². The topological polar surface area (TPSA) is 68.8 Å². The molecule has 1 amide bonds. The van der Waals surface area contributed by atoms with Crippen LogP contribution in [0, 0.1) is 0 Å². The number of benzene rings is 2. The van der Waals surface area contributed by atoms with Crippen molar-refractivity contribution in [3.05, 3.63) is 42.0 Å². The fourth-order valence-corrected chi connectivity index (χ4v) is 3.05. The van der Waals surface area contributed by atoms with Gasteiger partial charge in [-0.2, -0.15) is 0 Å². The monoisotopic (exact) mass is 370 g/mol. The molecule has 0 aromatic heterocycles. The van der Waals surface area contributed by atoms with Gasteiger partial charge >= 0.3 is 0 Å². The molecule has 0 spiro atoms. The van der Waals surface area contributed by atoms with Crippen molar-refractivity contribution in [2.24, 2.45) is 0 Å². The molecule has 3 rings (SSSR count). The van der Waals surface area contributed by atoms with E-state index in [1.807, 2.05) is 32.9 Å².